The first kappa shape index (κ1) is 15.9. The van der Waals surface area contributed by atoms with Gasteiger partial charge in [0.25, 0.3) is 5.91 Å². The van der Waals surface area contributed by atoms with Gasteiger partial charge in [-0.15, -0.1) is 0 Å². The van der Waals surface area contributed by atoms with Crippen LogP contribution in [0.4, 0.5) is 5.69 Å². The summed E-state index contributed by atoms with van der Waals surface area (Å²) >= 11 is 0. The lowest BCUT2D eigenvalue weighted by Crippen LogP contribution is -2.21. The molecule has 2 aromatic heterocycles. The number of para-hydroxylation sites is 1. The second-order valence-corrected chi connectivity index (χ2v) is 6.04. The van der Waals surface area contributed by atoms with Crippen LogP contribution in [-0.2, 0) is 6.54 Å². The van der Waals surface area contributed by atoms with Crippen LogP contribution in [0.5, 0.6) is 0 Å². The van der Waals surface area contributed by atoms with Crippen molar-refractivity contribution < 1.29 is 4.79 Å². The highest BCUT2D eigenvalue weighted by molar-refractivity contribution is 6.06. The monoisotopic (exact) mass is 343 g/mol. The van der Waals surface area contributed by atoms with E-state index in [9.17, 15) is 9.59 Å². The van der Waals surface area contributed by atoms with E-state index in [2.05, 4.69) is 10.3 Å². The van der Waals surface area contributed by atoms with E-state index in [1.54, 1.807) is 0 Å². The molecule has 1 amide bonds. The van der Waals surface area contributed by atoms with E-state index in [0.29, 0.717) is 12.2 Å². The third kappa shape index (κ3) is 3.02. The Bertz CT molecular complexity index is 1130. The summed E-state index contributed by atoms with van der Waals surface area (Å²) in [7, 11) is 0. The summed E-state index contributed by atoms with van der Waals surface area (Å²) < 4.78 is 1.97. The molecule has 0 unspecified atom stereocenters. The Morgan fingerprint density at radius 1 is 1.00 bits per heavy atom. The van der Waals surface area contributed by atoms with E-state index in [4.69, 9.17) is 0 Å². The van der Waals surface area contributed by atoms with E-state index in [1.165, 1.54) is 18.5 Å². The lowest BCUT2D eigenvalue weighted by molar-refractivity contribution is 0.101. The molecule has 0 atom stereocenters. The fourth-order valence-electron chi connectivity index (χ4n) is 3.04. The molecule has 0 bridgehead atoms. The van der Waals surface area contributed by atoms with Crippen LogP contribution < -0.4 is 10.7 Å². The molecule has 0 saturated heterocycles. The van der Waals surface area contributed by atoms with Gasteiger partial charge in [-0.25, -0.2) is 0 Å². The number of hydrogen-bond donors (Lipinski definition) is 2. The number of fused-ring (bicyclic) bond motifs is 1. The number of aromatic nitrogens is 2. The van der Waals surface area contributed by atoms with Crippen molar-refractivity contribution in [2.24, 2.45) is 0 Å². The van der Waals surface area contributed by atoms with Crippen LogP contribution in [0.1, 0.15) is 16.1 Å². The largest absolute Gasteiger partial charge is 0.366 e. The van der Waals surface area contributed by atoms with Crippen LogP contribution in [-0.4, -0.2) is 15.5 Å². The van der Waals surface area contributed by atoms with Gasteiger partial charge in [0.2, 0.25) is 5.43 Å². The van der Waals surface area contributed by atoms with Crippen molar-refractivity contribution in [3.05, 3.63) is 101 Å². The average Bonchev–Trinajstić information content (AvgIpc) is 3.03. The zero-order valence-corrected chi connectivity index (χ0v) is 14.0. The van der Waals surface area contributed by atoms with Gasteiger partial charge >= 0.3 is 0 Å². The second kappa shape index (κ2) is 6.72. The number of nitrogens with zero attached hydrogens (tertiary/aromatic N) is 1. The highest BCUT2D eigenvalue weighted by Crippen LogP contribution is 2.22. The van der Waals surface area contributed by atoms with Crippen molar-refractivity contribution in [1.29, 1.82) is 0 Å². The number of anilines is 1. The van der Waals surface area contributed by atoms with Crippen molar-refractivity contribution in [3.63, 3.8) is 0 Å². The minimum absolute atomic E-state index is 0.231. The number of rotatable bonds is 4. The SMILES string of the molecule is O=C(Nc1c[nH]ccc1=O)c1cc2ccccc2n1Cc1ccccc1. The molecular weight excluding hydrogens is 326 g/mol. The molecule has 2 aromatic carbocycles. The fourth-order valence-corrected chi connectivity index (χ4v) is 3.04. The lowest BCUT2D eigenvalue weighted by Gasteiger charge is -2.11. The molecular formula is C21H17N3O2. The Labute approximate surface area is 149 Å². The Balaban J connectivity index is 1.76. The summed E-state index contributed by atoms with van der Waals surface area (Å²) in [5.41, 5.74) is 2.58. The molecule has 4 rings (SSSR count). The van der Waals surface area contributed by atoms with Gasteiger partial charge in [0.1, 0.15) is 11.4 Å². The van der Waals surface area contributed by atoms with Gasteiger partial charge in [0.05, 0.1) is 0 Å². The molecule has 0 radical (unpaired) electrons. The maximum absolute atomic E-state index is 12.9. The number of pyridine rings is 1. The van der Waals surface area contributed by atoms with Crippen LogP contribution in [0.2, 0.25) is 0 Å². The summed E-state index contributed by atoms with van der Waals surface area (Å²) in [4.78, 5) is 27.6. The zero-order chi connectivity index (χ0) is 17.9. The van der Waals surface area contributed by atoms with Gasteiger partial charge in [-0.05, 0) is 17.7 Å². The van der Waals surface area contributed by atoms with Gasteiger partial charge in [-0.3, -0.25) is 9.59 Å². The van der Waals surface area contributed by atoms with E-state index in [1.807, 2.05) is 65.2 Å². The predicted molar refractivity (Wildman–Crippen MR) is 102 cm³/mol. The first-order chi connectivity index (χ1) is 12.7. The topological polar surface area (TPSA) is 66.9 Å². The van der Waals surface area contributed by atoms with Crippen LogP contribution in [0.3, 0.4) is 0 Å². The molecule has 0 saturated carbocycles. The van der Waals surface area contributed by atoms with Crippen molar-refractivity contribution in [3.8, 4) is 0 Å². The quantitative estimate of drug-likeness (QED) is 0.594. The van der Waals surface area contributed by atoms with Crippen molar-refractivity contribution in [2.45, 2.75) is 6.54 Å². The smallest absolute Gasteiger partial charge is 0.272 e. The van der Waals surface area contributed by atoms with Crippen LogP contribution in [0.25, 0.3) is 10.9 Å². The summed E-state index contributed by atoms with van der Waals surface area (Å²) in [6, 6.07) is 21.1. The normalized spacial score (nSPS) is 10.8. The molecule has 4 aromatic rings. The molecule has 0 aliphatic rings. The molecule has 0 aliphatic carbocycles. The van der Waals surface area contributed by atoms with Gasteiger partial charge in [-0.2, -0.15) is 0 Å². The van der Waals surface area contributed by atoms with E-state index < -0.39 is 0 Å². The Kier molecular flexibility index (Phi) is 4.11. The van der Waals surface area contributed by atoms with Crippen LogP contribution >= 0.6 is 0 Å². The number of H-pyrrole nitrogens is 1. The number of benzene rings is 2. The first-order valence-electron chi connectivity index (χ1n) is 8.33. The molecule has 0 fully saturated rings. The van der Waals surface area contributed by atoms with Crippen molar-refractivity contribution in [1.82, 2.24) is 9.55 Å². The number of hydrogen-bond acceptors (Lipinski definition) is 2. The Hall–Kier alpha value is -3.60. The van der Waals surface area contributed by atoms with Crippen molar-refractivity contribution >= 4 is 22.5 Å². The predicted octanol–water partition coefficient (Wildman–Crippen LogP) is 3.63. The molecule has 26 heavy (non-hydrogen) atoms. The minimum Gasteiger partial charge on any atom is -0.366 e. The lowest BCUT2D eigenvalue weighted by atomic mass is 10.2. The summed E-state index contributed by atoms with van der Waals surface area (Å²) in [6.07, 6.45) is 3.02. The van der Waals surface area contributed by atoms with Crippen molar-refractivity contribution in [2.75, 3.05) is 5.32 Å². The molecule has 2 heterocycles. The number of aromatic amines is 1. The Morgan fingerprint density at radius 2 is 1.77 bits per heavy atom. The first-order valence-corrected chi connectivity index (χ1v) is 8.33. The number of carbonyl (C=O) groups is 1. The second-order valence-electron chi connectivity index (χ2n) is 6.04. The van der Waals surface area contributed by atoms with E-state index in [0.717, 1.165) is 16.5 Å². The van der Waals surface area contributed by atoms with Gasteiger partial charge in [0, 0.05) is 35.9 Å². The molecule has 5 nitrogen and oxygen atoms in total. The highest BCUT2D eigenvalue weighted by Gasteiger charge is 2.16. The fraction of sp³-hybridized carbons (Fsp3) is 0.0476. The van der Waals surface area contributed by atoms with E-state index >= 15 is 0 Å². The molecule has 128 valence electrons. The molecule has 5 heteroatoms. The summed E-state index contributed by atoms with van der Waals surface area (Å²) in [5.74, 6) is -0.311. The third-order valence-electron chi connectivity index (χ3n) is 4.30. The number of amides is 1. The zero-order valence-electron chi connectivity index (χ0n) is 14.0. The molecule has 0 aliphatic heterocycles. The molecule has 0 spiro atoms. The maximum atomic E-state index is 12.9. The maximum Gasteiger partial charge on any atom is 0.272 e. The number of carbonyl (C=O) groups excluding carboxylic acids is 1. The van der Waals surface area contributed by atoms with Crippen LogP contribution in [0.15, 0.2) is 83.9 Å². The van der Waals surface area contributed by atoms with Gasteiger partial charge in [-0.1, -0.05) is 48.5 Å². The number of nitrogens with one attached hydrogen (secondary N) is 2. The summed E-state index contributed by atoms with van der Waals surface area (Å²) in [5, 5.41) is 3.69. The third-order valence-corrected chi connectivity index (χ3v) is 4.30. The standard InChI is InChI=1S/C21H17N3O2/c25-20-10-11-22-13-17(20)23-21(26)19-12-16-8-4-5-9-18(16)24(19)14-15-6-2-1-3-7-15/h1-13H,14H2,(H,22,25)(H,23,26). The molecule has 2 N–H and O–H groups in total. The summed E-state index contributed by atoms with van der Waals surface area (Å²) in [6.45, 7) is 0.572. The average molecular weight is 343 g/mol. The van der Waals surface area contributed by atoms with Gasteiger partial charge in [0.15, 0.2) is 0 Å². The highest BCUT2D eigenvalue weighted by atomic mass is 16.2. The van der Waals surface area contributed by atoms with Gasteiger partial charge < -0.3 is 14.9 Å². The van der Waals surface area contributed by atoms with Crippen LogP contribution in [0, 0.1) is 0 Å². The minimum atomic E-state index is -0.311. The Morgan fingerprint density at radius 3 is 2.58 bits per heavy atom. The van der Waals surface area contributed by atoms with E-state index in [-0.39, 0.29) is 17.0 Å².